The Morgan fingerprint density at radius 2 is 1.89 bits per heavy atom. The number of hydrogen-bond acceptors (Lipinski definition) is 5. The van der Waals surface area contributed by atoms with Gasteiger partial charge in [-0.25, -0.2) is 15.0 Å². The van der Waals surface area contributed by atoms with Crippen LogP contribution in [-0.4, -0.2) is 32.5 Å². The molecule has 0 bridgehead atoms. The molecule has 7 nitrogen and oxygen atoms in total. The maximum Gasteiger partial charge on any atom is 0.251 e. The Morgan fingerprint density at radius 1 is 1.15 bits per heavy atom. The first-order valence-corrected chi connectivity index (χ1v) is 8.91. The lowest BCUT2D eigenvalue weighted by molar-refractivity contribution is 0.0929. The van der Waals surface area contributed by atoms with Crippen molar-refractivity contribution in [2.24, 2.45) is 13.0 Å². The second-order valence-corrected chi connectivity index (χ2v) is 6.68. The van der Waals surface area contributed by atoms with E-state index in [9.17, 15) is 4.79 Å². The SMILES string of the molecule is COc1nccnc1-c1ccc(C(=O)NC(c2nccn2C)C2CC2)cc1. The van der Waals surface area contributed by atoms with E-state index in [1.54, 1.807) is 37.8 Å². The number of benzene rings is 1. The zero-order valence-electron chi connectivity index (χ0n) is 15.3. The number of aryl methyl sites for hydroxylation is 1. The number of hydrogen-bond donors (Lipinski definition) is 1. The molecule has 3 aromatic rings. The number of amides is 1. The van der Waals surface area contributed by atoms with Crippen molar-refractivity contribution < 1.29 is 9.53 Å². The highest BCUT2D eigenvalue weighted by atomic mass is 16.5. The summed E-state index contributed by atoms with van der Waals surface area (Å²) < 4.78 is 7.22. The normalized spacial score (nSPS) is 14.6. The molecule has 1 amide bonds. The van der Waals surface area contributed by atoms with Crippen LogP contribution in [-0.2, 0) is 7.05 Å². The molecule has 1 fully saturated rings. The predicted molar refractivity (Wildman–Crippen MR) is 100 cm³/mol. The second-order valence-electron chi connectivity index (χ2n) is 6.68. The summed E-state index contributed by atoms with van der Waals surface area (Å²) >= 11 is 0. The van der Waals surface area contributed by atoms with Gasteiger partial charge >= 0.3 is 0 Å². The summed E-state index contributed by atoms with van der Waals surface area (Å²) in [5.74, 6) is 1.70. The quantitative estimate of drug-likeness (QED) is 0.728. The van der Waals surface area contributed by atoms with Crippen LogP contribution < -0.4 is 10.1 Å². The Hall–Kier alpha value is -3.22. The largest absolute Gasteiger partial charge is 0.479 e. The van der Waals surface area contributed by atoms with Crippen molar-refractivity contribution in [1.82, 2.24) is 24.8 Å². The molecular formula is C20H21N5O2. The summed E-state index contributed by atoms with van der Waals surface area (Å²) in [4.78, 5) is 25.7. The summed E-state index contributed by atoms with van der Waals surface area (Å²) in [6.45, 7) is 0. The molecule has 1 aromatic carbocycles. The van der Waals surface area contributed by atoms with E-state index in [1.807, 2.05) is 29.9 Å². The van der Waals surface area contributed by atoms with Gasteiger partial charge in [-0.1, -0.05) is 12.1 Å². The number of carbonyl (C=O) groups is 1. The first-order valence-electron chi connectivity index (χ1n) is 8.91. The fourth-order valence-corrected chi connectivity index (χ4v) is 3.18. The lowest BCUT2D eigenvalue weighted by Crippen LogP contribution is -2.31. The van der Waals surface area contributed by atoms with Crippen LogP contribution in [0.4, 0.5) is 0 Å². The molecule has 1 aliphatic rings. The monoisotopic (exact) mass is 363 g/mol. The average Bonchev–Trinajstić information content (AvgIpc) is 3.47. The number of nitrogens with zero attached hydrogens (tertiary/aromatic N) is 4. The Morgan fingerprint density at radius 3 is 2.52 bits per heavy atom. The molecule has 1 N–H and O–H groups in total. The summed E-state index contributed by atoms with van der Waals surface area (Å²) in [6.07, 6.45) is 9.09. The fraction of sp³-hybridized carbons (Fsp3) is 0.300. The number of methoxy groups -OCH3 is 1. The van der Waals surface area contributed by atoms with Gasteiger partial charge in [-0.05, 0) is 30.9 Å². The van der Waals surface area contributed by atoms with Gasteiger partial charge in [0.25, 0.3) is 5.91 Å². The maximum absolute atomic E-state index is 12.8. The van der Waals surface area contributed by atoms with Gasteiger partial charge in [-0.15, -0.1) is 0 Å². The third-order valence-corrected chi connectivity index (χ3v) is 4.80. The molecule has 1 atom stereocenters. The Bertz CT molecular complexity index is 947. The smallest absolute Gasteiger partial charge is 0.251 e. The van der Waals surface area contributed by atoms with E-state index in [-0.39, 0.29) is 11.9 Å². The van der Waals surface area contributed by atoms with Gasteiger partial charge in [-0.3, -0.25) is 4.79 Å². The summed E-state index contributed by atoms with van der Waals surface area (Å²) in [7, 11) is 3.51. The molecule has 27 heavy (non-hydrogen) atoms. The van der Waals surface area contributed by atoms with Crippen LogP contribution in [0.3, 0.4) is 0 Å². The second kappa shape index (κ2) is 7.19. The van der Waals surface area contributed by atoms with Crippen molar-refractivity contribution in [2.45, 2.75) is 18.9 Å². The molecule has 0 aliphatic heterocycles. The van der Waals surface area contributed by atoms with E-state index >= 15 is 0 Å². The fourth-order valence-electron chi connectivity index (χ4n) is 3.18. The lowest BCUT2D eigenvalue weighted by Gasteiger charge is -2.18. The van der Waals surface area contributed by atoms with Gasteiger partial charge in [0.05, 0.1) is 13.2 Å². The molecular weight excluding hydrogens is 342 g/mol. The van der Waals surface area contributed by atoms with Crippen molar-refractivity contribution >= 4 is 5.91 Å². The molecule has 0 radical (unpaired) electrons. The molecule has 2 aromatic heterocycles. The number of aromatic nitrogens is 4. The minimum atomic E-state index is -0.104. The third-order valence-electron chi connectivity index (χ3n) is 4.80. The minimum Gasteiger partial charge on any atom is -0.479 e. The number of ether oxygens (including phenoxy) is 1. The Labute approximate surface area is 157 Å². The van der Waals surface area contributed by atoms with Gasteiger partial charge in [0, 0.05) is 43.0 Å². The zero-order chi connectivity index (χ0) is 18.8. The van der Waals surface area contributed by atoms with Gasteiger partial charge in [0.2, 0.25) is 5.88 Å². The van der Waals surface area contributed by atoms with Gasteiger partial charge in [0.15, 0.2) is 0 Å². The highest BCUT2D eigenvalue weighted by Crippen LogP contribution is 2.40. The Balaban J connectivity index is 1.53. The van der Waals surface area contributed by atoms with Crippen molar-refractivity contribution in [3.63, 3.8) is 0 Å². The molecule has 1 unspecified atom stereocenters. The van der Waals surface area contributed by atoms with Crippen LogP contribution in [0.15, 0.2) is 49.1 Å². The van der Waals surface area contributed by atoms with E-state index in [4.69, 9.17) is 4.74 Å². The third kappa shape index (κ3) is 3.53. The molecule has 7 heteroatoms. The zero-order valence-corrected chi connectivity index (χ0v) is 15.3. The molecule has 0 spiro atoms. The van der Waals surface area contributed by atoms with E-state index in [2.05, 4.69) is 20.3 Å². The number of rotatable bonds is 6. The van der Waals surface area contributed by atoms with Crippen molar-refractivity contribution in [3.8, 4) is 17.1 Å². The molecule has 2 heterocycles. The van der Waals surface area contributed by atoms with Crippen LogP contribution in [0.1, 0.15) is 35.1 Å². The number of imidazole rings is 1. The highest BCUT2D eigenvalue weighted by molar-refractivity contribution is 5.95. The lowest BCUT2D eigenvalue weighted by atomic mass is 10.1. The standard InChI is InChI=1S/C20H21N5O2/c1-25-12-11-22-18(25)16(13-3-4-13)24-19(26)15-7-5-14(6-8-15)17-20(27-2)23-10-9-21-17/h5-13,16H,3-4H2,1-2H3,(H,24,26). The van der Waals surface area contributed by atoms with Crippen molar-refractivity contribution in [3.05, 3.63) is 60.4 Å². The average molecular weight is 363 g/mol. The van der Waals surface area contributed by atoms with E-state index in [0.717, 1.165) is 24.2 Å². The molecule has 1 aliphatic carbocycles. The van der Waals surface area contributed by atoms with Crippen molar-refractivity contribution in [2.75, 3.05) is 7.11 Å². The predicted octanol–water partition coefficient (Wildman–Crippen LogP) is 2.77. The summed E-state index contributed by atoms with van der Waals surface area (Å²) in [5.41, 5.74) is 2.09. The summed E-state index contributed by atoms with van der Waals surface area (Å²) in [5, 5.41) is 3.15. The highest BCUT2D eigenvalue weighted by Gasteiger charge is 2.35. The van der Waals surface area contributed by atoms with E-state index in [0.29, 0.717) is 23.1 Å². The minimum absolute atomic E-state index is 0.0581. The van der Waals surface area contributed by atoms with Crippen LogP contribution in [0.2, 0.25) is 0 Å². The van der Waals surface area contributed by atoms with Crippen molar-refractivity contribution in [1.29, 1.82) is 0 Å². The van der Waals surface area contributed by atoms with Crippen LogP contribution in [0, 0.1) is 5.92 Å². The molecule has 0 saturated heterocycles. The first kappa shape index (κ1) is 17.2. The molecule has 1 saturated carbocycles. The van der Waals surface area contributed by atoms with Gasteiger partial charge in [-0.2, -0.15) is 0 Å². The number of carbonyl (C=O) groups excluding carboxylic acids is 1. The number of nitrogens with one attached hydrogen (secondary N) is 1. The topological polar surface area (TPSA) is 81.9 Å². The van der Waals surface area contributed by atoms with Crippen LogP contribution in [0.5, 0.6) is 5.88 Å². The van der Waals surface area contributed by atoms with Crippen LogP contribution >= 0.6 is 0 Å². The van der Waals surface area contributed by atoms with Gasteiger partial charge < -0.3 is 14.6 Å². The maximum atomic E-state index is 12.8. The van der Waals surface area contributed by atoms with Gasteiger partial charge in [0.1, 0.15) is 11.5 Å². The Kier molecular flexibility index (Phi) is 4.58. The van der Waals surface area contributed by atoms with E-state index in [1.165, 1.54) is 0 Å². The van der Waals surface area contributed by atoms with Crippen LogP contribution in [0.25, 0.3) is 11.3 Å². The molecule has 138 valence electrons. The first-order chi connectivity index (χ1) is 13.2. The molecule has 4 rings (SSSR count). The summed E-state index contributed by atoms with van der Waals surface area (Å²) in [6, 6.07) is 7.24. The van der Waals surface area contributed by atoms with E-state index < -0.39 is 0 Å².